The van der Waals surface area contributed by atoms with Crippen molar-refractivity contribution in [3.63, 3.8) is 0 Å². The number of methoxy groups -OCH3 is 1. The lowest BCUT2D eigenvalue weighted by Gasteiger charge is -2.16. The molecule has 0 spiro atoms. The first-order chi connectivity index (χ1) is 7.57. The van der Waals surface area contributed by atoms with Crippen LogP contribution in [0, 0.1) is 10.1 Å². The minimum Gasteiger partial charge on any atom is -0.383 e. The Morgan fingerprint density at radius 2 is 2.31 bits per heavy atom. The minimum atomic E-state index is -0.596. The van der Waals surface area contributed by atoms with Gasteiger partial charge in [-0.25, -0.2) is 9.97 Å². The summed E-state index contributed by atoms with van der Waals surface area (Å²) < 4.78 is 4.88. The second-order valence-corrected chi connectivity index (χ2v) is 3.37. The highest BCUT2D eigenvalue weighted by atomic mass is 35.5. The second-order valence-electron chi connectivity index (χ2n) is 3.01. The maximum atomic E-state index is 10.8. The number of ether oxygens (including phenoxy) is 1. The molecule has 1 aromatic heterocycles. The largest absolute Gasteiger partial charge is 0.383 e. The molecule has 0 unspecified atom stereocenters. The molecule has 0 N–H and O–H groups in total. The molecule has 0 aliphatic heterocycles. The summed E-state index contributed by atoms with van der Waals surface area (Å²) >= 11 is 5.65. The summed E-state index contributed by atoms with van der Waals surface area (Å²) in [6.45, 7) is 0.917. The Labute approximate surface area is 97.2 Å². The minimum absolute atomic E-state index is 0.167. The SMILES string of the molecule is COCCN(C)c1ncnc(Cl)c1[N+](=O)[O-]. The highest BCUT2D eigenvalue weighted by Crippen LogP contribution is 2.30. The molecule has 16 heavy (non-hydrogen) atoms. The van der Waals surface area contributed by atoms with E-state index in [4.69, 9.17) is 16.3 Å². The molecule has 0 saturated carbocycles. The van der Waals surface area contributed by atoms with E-state index in [2.05, 4.69) is 9.97 Å². The van der Waals surface area contributed by atoms with Crippen molar-refractivity contribution in [1.82, 2.24) is 9.97 Å². The normalized spacial score (nSPS) is 10.2. The predicted molar refractivity (Wildman–Crippen MR) is 58.8 cm³/mol. The Hall–Kier alpha value is -1.47. The molecule has 0 aromatic carbocycles. The molecule has 0 amide bonds. The molecule has 1 heterocycles. The third-order valence-electron chi connectivity index (χ3n) is 1.93. The van der Waals surface area contributed by atoms with Gasteiger partial charge in [-0.2, -0.15) is 0 Å². The van der Waals surface area contributed by atoms with Crippen molar-refractivity contribution in [1.29, 1.82) is 0 Å². The fourth-order valence-corrected chi connectivity index (χ4v) is 1.32. The average molecular weight is 247 g/mol. The van der Waals surface area contributed by atoms with Crippen molar-refractivity contribution >= 4 is 23.1 Å². The highest BCUT2D eigenvalue weighted by molar-refractivity contribution is 6.31. The summed E-state index contributed by atoms with van der Waals surface area (Å²) in [6.07, 6.45) is 1.19. The Bertz CT molecular complexity index is 388. The van der Waals surface area contributed by atoms with E-state index in [9.17, 15) is 10.1 Å². The van der Waals surface area contributed by atoms with E-state index >= 15 is 0 Å². The smallest absolute Gasteiger partial charge is 0.348 e. The van der Waals surface area contributed by atoms with E-state index in [1.165, 1.54) is 6.33 Å². The van der Waals surface area contributed by atoms with Gasteiger partial charge in [0, 0.05) is 20.7 Å². The molecule has 0 bridgehead atoms. The lowest BCUT2D eigenvalue weighted by molar-refractivity contribution is -0.384. The van der Waals surface area contributed by atoms with Crippen LogP contribution in [0.5, 0.6) is 0 Å². The number of rotatable bonds is 5. The number of nitro groups is 1. The zero-order valence-electron chi connectivity index (χ0n) is 8.88. The number of likely N-dealkylation sites (N-methyl/N-ethyl adjacent to an activating group) is 1. The number of anilines is 1. The van der Waals surface area contributed by atoms with Gasteiger partial charge in [-0.15, -0.1) is 0 Å². The number of hydrogen-bond acceptors (Lipinski definition) is 6. The van der Waals surface area contributed by atoms with Gasteiger partial charge < -0.3 is 9.64 Å². The topological polar surface area (TPSA) is 81.4 Å². The molecular formula is C8H11ClN4O3. The Morgan fingerprint density at radius 1 is 1.62 bits per heavy atom. The molecule has 1 rings (SSSR count). The summed E-state index contributed by atoms with van der Waals surface area (Å²) in [5, 5.41) is 10.6. The summed E-state index contributed by atoms with van der Waals surface area (Å²) in [4.78, 5) is 19.2. The van der Waals surface area contributed by atoms with Gasteiger partial charge >= 0.3 is 5.69 Å². The first-order valence-corrected chi connectivity index (χ1v) is 4.80. The molecular weight excluding hydrogens is 236 g/mol. The molecule has 8 heteroatoms. The summed E-state index contributed by atoms with van der Waals surface area (Å²) in [6, 6.07) is 0. The van der Waals surface area contributed by atoms with Gasteiger partial charge in [0.25, 0.3) is 0 Å². The maximum Gasteiger partial charge on any atom is 0.348 e. The third-order valence-corrected chi connectivity index (χ3v) is 2.21. The molecule has 0 aliphatic carbocycles. The molecule has 0 aliphatic rings. The van der Waals surface area contributed by atoms with E-state index in [1.807, 2.05) is 0 Å². The van der Waals surface area contributed by atoms with E-state index in [1.54, 1.807) is 19.1 Å². The zero-order valence-corrected chi connectivity index (χ0v) is 9.64. The summed E-state index contributed by atoms with van der Waals surface area (Å²) in [5.74, 6) is 0.182. The lowest BCUT2D eigenvalue weighted by atomic mass is 10.4. The zero-order chi connectivity index (χ0) is 12.1. The number of aromatic nitrogens is 2. The Morgan fingerprint density at radius 3 is 2.88 bits per heavy atom. The lowest BCUT2D eigenvalue weighted by Crippen LogP contribution is -2.24. The van der Waals surface area contributed by atoms with Crippen LogP contribution in [-0.4, -0.2) is 42.2 Å². The van der Waals surface area contributed by atoms with Crippen LogP contribution in [0.25, 0.3) is 0 Å². The number of halogens is 1. The van der Waals surface area contributed by atoms with Crippen LogP contribution in [0.15, 0.2) is 6.33 Å². The van der Waals surface area contributed by atoms with Crippen LogP contribution in [0.2, 0.25) is 5.15 Å². The predicted octanol–water partition coefficient (Wildman–Crippen LogP) is 1.12. The van der Waals surface area contributed by atoms with Crippen LogP contribution < -0.4 is 4.90 Å². The Balaban J connectivity index is 3.02. The van der Waals surface area contributed by atoms with Crippen molar-refractivity contribution in [3.8, 4) is 0 Å². The van der Waals surface area contributed by atoms with Crippen LogP contribution in [-0.2, 0) is 4.74 Å². The van der Waals surface area contributed by atoms with Crippen LogP contribution in [0.1, 0.15) is 0 Å². The van der Waals surface area contributed by atoms with Crippen molar-refractivity contribution < 1.29 is 9.66 Å². The molecule has 0 saturated heterocycles. The second kappa shape index (κ2) is 5.57. The van der Waals surface area contributed by atoms with Gasteiger partial charge in [-0.3, -0.25) is 10.1 Å². The standard InChI is InChI=1S/C8H11ClN4O3/c1-12(3-4-16-2)8-6(13(14)15)7(9)10-5-11-8/h5H,3-4H2,1-2H3. The molecule has 0 atom stereocenters. The molecule has 88 valence electrons. The first kappa shape index (κ1) is 12.6. The third kappa shape index (κ3) is 2.77. The van der Waals surface area contributed by atoms with Crippen LogP contribution in [0.4, 0.5) is 11.5 Å². The van der Waals surface area contributed by atoms with Gasteiger partial charge in [-0.05, 0) is 0 Å². The quantitative estimate of drug-likeness (QED) is 0.440. The van der Waals surface area contributed by atoms with Crippen LogP contribution in [0.3, 0.4) is 0 Å². The van der Waals surface area contributed by atoms with Crippen molar-refractivity contribution in [3.05, 3.63) is 21.6 Å². The average Bonchev–Trinajstić information content (AvgIpc) is 2.24. The van der Waals surface area contributed by atoms with Crippen LogP contribution >= 0.6 is 11.6 Å². The van der Waals surface area contributed by atoms with E-state index < -0.39 is 4.92 Å². The fraction of sp³-hybridized carbons (Fsp3) is 0.500. The molecule has 0 fully saturated rings. The van der Waals surface area contributed by atoms with Gasteiger partial charge in [0.1, 0.15) is 6.33 Å². The molecule has 1 aromatic rings. The van der Waals surface area contributed by atoms with Gasteiger partial charge in [0.15, 0.2) is 0 Å². The number of hydrogen-bond donors (Lipinski definition) is 0. The van der Waals surface area contributed by atoms with E-state index in [0.29, 0.717) is 13.2 Å². The van der Waals surface area contributed by atoms with Gasteiger partial charge in [0.05, 0.1) is 11.5 Å². The van der Waals surface area contributed by atoms with Crippen molar-refractivity contribution in [2.45, 2.75) is 0 Å². The Kier molecular flexibility index (Phi) is 4.39. The maximum absolute atomic E-state index is 10.8. The first-order valence-electron chi connectivity index (χ1n) is 4.43. The highest BCUT2D eigenvalue weighted by Gasteiger charge is 2.23. The van der Waals surface area contributed by atoms with Crippen molar-refractivity contribution in [2.75, 3.05) is 32.2 Å². The van der Waals surface area contributed by atoms with Gasteiger partial charge in [0.2, 0.25) is 11.0 Å². The fourth-order valence-electron chi connectivity index (χ4n) is 1.12. The molecule has 7 nitrogen and oxygen atoms in total. The summed E-state index contributed by atoms with van der Waals surface area (Å²) in [7, 11) is 3.22. The van der Waals surface area contributed by atoms with Crippen molar-refractivity contribution in [2.24, 2.45) is 0 Å². The van der Waals surface area contributed by atoms with Gasteiger partial charge in [-0.1, -0.05) is 11.6 Å². The summed E-state index contributed by atoms with van der Waals surface area (Å²) in [5.41, 5.74) is -0.289. The molecule has 0 radical (unpaired) electrons. The number of nitrogens with zero attached hydrogens (tertiary/aromatic N) is 4. The van der Waals surface area contributed by atoms with E-state index in [-0.39, 0.29) is 16.7 Å². The monoisotopic (exact) mass is 246 g/mol. The van der Waals surface area contributed by atoms with E-state index in [0.717, 1.165) is 0 Å².